The summed E-state index contributed by atoms with van der Waals surface area (Å²) in [5.74, 6) is 0.212. The molecule has 0 fully saturated rings. The number of hydrogen-bond acceptors (Lipinski definition) is 4. The molecule has 1 aromatic carbocycles. The monoisotopic (exact) mass is 353 g/mol. The van der Waals surface area contributed by atoms with Crippen LogP contribution < -0.4 is 0 Å². The fraction of sp³-hybridized carbons (Fsp3) is 0.188. The van der Waals surface area contributed by atoms with Crippen LogP contribution in [0.15, 0.2) is 34.9 Å². The van der Waals surface area contributed by atoms with E-state index < -0.39 is 11.7 Å². The zero-order chi connectivity index (χ0) is 17.5. The Morgan fingerprint density at radius 2 is 1.75 bits per heavy atom. The number of aryl methyl sites for hydroxylation is 2. The molecule has 0 aliphatic carbocycles. The molecule has 0 atom stereocenters. The fourth-order valence-corrected chi connectivity index (χ4v) is 2.48. The van der Waals surface area contributed by atoms with Crippen molar-refractivity contribution in [1.82, 2.24) is 15.2 Å². The summed E-state index contributed by atoms with van der Waals surface area (Å²) >= 11 is 5.89. The minimum absolute atomic E-state index is 0.00758. The van der Waals surface area contributed by atoms with E-state index in [-0.39, 0.29) is 22.5 Å². The van der Waals surface area contributed by atoms with Gasteiger partial charge in [0.15, 0.2) is 0 Å². The van der Waals surface area contributed by atoms with Crippen LogP contribution in [-0.2, 0) is 6.18 Å². The van der Waals surface area contributed by atoms with Gasteiger partial charge < -0.3 is 4.42 Å². The minimum Gasteiger partial charge on any atom is -0.415 e. The van der Waals surface area contributed by atoms with E-state index in [4.69, 9.17) is 16.0 Å². The first kappa shape index (κ1) is 16.4. The molecule has 8 heteroatoms. The van der Waals surface area contributed by atoms with Gasteiger partial charge in [-0.3, -0.25) is 0 Å². The molecule has 0 saturated carbocycles. The highest BCUT2D eigenvalue weighted by Gasteiger charge is 2.32. The van der Waals surface area contributed by atoms with Gasteiger partial charge in [0.2, 0.25) is 5.89 Å². The molecular formula is C16H11ClF3N3O. The fourth-order valence-electron chi connectivity index (χ4n) is 2.23. The van der Waals surface area contributed by atoms with Crippen molar-refractivity contribution in [3.63, 3.8) is 0 Å². The lowest BCUT2D eigenvalue weighted by molar-refractivity contribution is -0.137. The number of aromatic nitrogens is 3. The van der Waals surface area contributed by atoms with Gasteiger partial charge in [0, 0.05) is 11.8 Å². The molecule has 0 aliphatic heterocycles. The Labute approximate surface area is 140 Å². The maximum absolute atomic E-state index is 12.7. The molecule has 124 valence electrons. The van der Waals surface area contributed by atoms with Crippen molar-refractivity contribution in [1.29, 1.82) is 0 Å². The first-order valence-corrected chi connectivity index (χ1v) is 7.28. The number of nitrogens with zero attached hydrogens (tertiary/aromatic N) is 3. The predicted molar refractivity (Wildman–Crippen MR) is 82.5 cm³/mol. The lowest BCUT2D eigenvalue weighted by atomic mass is 10.1. The smallest absolute Gasteiger partial charge is 0.415 e. The number of alkyl halides is 3. The molecule has 3 aromatic rings. The van der Waals surface area contributed by atoms with E-state index in [0.29, 0.717) is 6.20 Å². The van der Waals surface area contributed by atoms with E-state index in [9.17, 15) is 13.2 Å². The first-order valence-electron chi connectivity index (χ1n) is 6.90. The van der Waals surface area contributed by atoms with Crippen molar-refractivity contribution >= 4 is 11.6 Å². The van der Waals surface area contributed by atoms with Gasteiger partial charge in [0.05, 0.1) is 10.6 Å². The second kappa shape index (κ2) is 5.90. The summed E-state index contributed by atoms with van der Waals surface area (Å²) in [6, 6.07) is 6.48. The lowest BCUT2D eigenvalue weighted by Crippen LogP contribution is -2.05. The summed E-state index contributed by atoms with van der Waals surface area (Å²) < 4.78 is 43.5. The van der Waals surface area contributed by atoms with Crippen LogP contribution in [0.2, 0.25) is 5.02 Å². The highest BCUT2D eigenvalue weighted by atomic mass is 35.5. The van der Waals surface area contributed by atoms with E-state index in [1.165, 1.54) is 0 Å². The van der Waals surface area contributed by atoms with Gasteiger partial charge in [0.25, 0.3) is 5.89 Å². The van der Waals surface area contributed by atoms with Gasteiger partial charge >= 0.3 is 6.18 Å². The standard InChI is InChI=1S/C16H11ClF3N3O/c1-8-3-4-11(9(2)5-8)14-22-23-15(24-14)13-12(17)6-10(7-21-13)16(18,19)20/h3-7H,1-2H3. The van der Waals surface area contributed by atoms with Crippen LogP contribution in [0.3, 0.4) is 0 Å². The maximum Gasteiger partial charge on any atom is 0.417 e. The molecule has 0 saturated heterocycles. The normalized spacial score (nSPS) is 11.8. The van der Waals surface area contributed by atoms with Crippen LogP contribution in [0.5, 0.6) is 0 Å². The molecule has 4 nitrogen and oxygen atoms in total. The Bertz CT molecular complexity index is 906. The topological polar surface area (TPSA) is 51.8 Å². The van der Waals surface area contributed by atoms with Crippen molar-refractivity contribution in [2.24, 2.45) is 0 Å². The third kappa shape index (κ3) is 3.12. The molecule has 0 spiro atoms. The van der Waals surface area contributed by atoms with Gasteiger partial charge in [0.1, 0.15) is 5.69 Å². The average molecular weight is 354 g/mol. The molecule has 0 unspecified atom stereocenters. The zero-order valence-electron chi connectivity index (χ0n) is 12.6. The Balaban J connectivity index is 1.99. The quantitative estimate of drug-likeness (QED) is 0.644. The first-order chi connectivity index (χ1) is 11.3. The van der Waals surface area contributed by atoms with Gasteiger partial charge in [-0.1, -0.05) is 29.3 Å². The van der Waals surface area contributed by atoms with Gasteiger partial charge in [-0.25, -0.2) is 4.98 Å². The zero-order valence-corrected chi connectivity index (χ0v) is 13.4. The van der Waals surface area contributed by atoms with Crippen LogP contribution in [-0.4, -0.2) is 15.2 Å². The van der Waals surface area contributed by atoms with Crippen molar-refractivity contribution in [3.8, 4) is 23.0 Å². The lowest BCUT2D eigenvalue weighted by Gasteiger charge is -2.07. The molecule has 2 aromatic heterocycles. The van der Waals surface area contributed by atoms with E-state index >= 15 is 0 Å². The Morgan fingerprint density at radius 3 is 2.38 bits per heavy atom. The summed E-state index contributed by atoms with van der Waals surface area (Å²) in [6.45, 7) is 3.86. The second-order valence-electron chi connectivity index (χ2n) is 5.28. The van der Waals surface area contributed by atoms with E-state index in [0.717, 1.165) is 22.8 Å². The number of hydrogen-bond donors (Lipinski definition) is 0. The Hall–Kier alpha value is -2.41. The van der Waals surface area contributed by atoms with Gasteiger partial charge in [-0.05, 0) is 31.5 Å². The number of halogens is 4. The molecule has 0 N–H and O–H groups in total. The third-order valence-electron chi connectivity index (χ3n) is 3.41. The summed E-state index contributed by atoms with van der Waals surface area (Å²) in [4.78, 5) is 3.71. The van der Waals surface area contributed by atoms with E-state index in [1.807, 2.05) is 32.0 Å². The van der Waals surface area contributed by atoms with Crippen molar-refractivity contribution < 1.29 is 17.6 Å². The van der Waals surface area contributed by atoms with E-state index in [1.54, 1.807) is 0 Å². The molecule has 0 aliphatic rings. The van der Waals surface area contributed by atoms with Crippen molar-refractivity contribution in [2.45, 2.75) is 20.0 Å². The molecule has 24 heavy (non-hydrogen) atoms. The van der Waals surface area contributed by atoms with Crippen LogP contribution in [0.1, 0.15) is 16.7 Å². The highest BCUT2D eigenvalue weighted by Crippen LogP contribution is 2.34. The summed E-state index contributed by atoms with van der Waals surface area (Å²) in [6.07, 6.45) is -3.84. The number of pyridine rings is 1. The molecule has 0 radical (unpaired) electrons. The highest BCUT2D eigenvalue weighted by molar-refractivity contribution is 6.32. The third-order valence-corrected chi connectivity index (χ3v) is 3.70. The molecule has 0 bridgehead atoms. The maximum atomic E-state index is 12.7. The predicted octanol–water partition coefficient (Wildman–Crippen LogP) is 5.09. The second-order valence-corrected chi connectivity index (χ2v) is 5.69. The Morgan fingerprint density at radius 1 is 1.04 bits per heavy atom. The van der Waals surface area contributed by atoms with Crippen LogP contribution >= 0.6 is 11.6 Å². The largest absolute Gasteiger partial charge is 0.417 e. The van der Waals surface area contributed by atoms with Crippen LogP contribution in [0.4, 0.5) is 13.2 Å². The van der Waals surface area contributed by atoms with Crippen molar-refractivity contribution in [2.75, 3.05) is 0 Å². The minimum atomic E-state index is -4.52. The summed E-state index contributed by atoms with van der Waals surface area (Å²) in [5.41, 5.74) is 1.83. The van der Waals surface area contributed by atoms with Crippen LogP contribution in [0, 0.1) is 13.8 Å². The molecule has 2 heterocycles. The number of rotatable bonds is 2. The van der Waals surface area contributed by atoms with Crippen molar-refractivity contribution in [3.05, 3.63) is 52.2 Å². The number of benzene rings is 1. The van der Waals surface area contributed by atoms with Crippen LogP contribution in [0.25, 0.3) is 23.0 Å². The average Bonchev–Trinajstić information content (AvgIpc) is 2.95. The summed E-state index contributed by atoms with van der Waals surface area (Å²) in [5, 5.41) is 7.55. The summed E-state index contributed by atoms with van der Waals surface area (Å²) in [7, 11) is 0. The van der Waals surface area contributed by atoms with Gasteiger partial charge in [-0.2, -0.15) is 13.2 Å². The molecular weight excluding hydrogens is 343 g/mol. The molecule has 3 rings (SSSR count). The van der Waals surface area contributed by atoms with Gasteiger partial charge in [-0.15, -0.1) is 10.2 Å². The van der Waals surface area contributed by atoms with E-state index in [2.05, 4.69) is 15.2 Å². The molecule has 0 amide bonds. The SMILES string of the molecule is Cc1ccc(-c2nnc(-c3ncc(C(F)(F)F)cc3Cl)o2)c(C)c1. The Kier molecular flexibility index (Phi) is 4.04.